The number of nitrogens with zero attached hydrogens (tertiary/aromatic N) is 3. The van der Waals surface area contributed by atoms with Crippen molar-refractivity contribution in [2.45, 2.75) is 26.2 Å². The van der Waals surface area contributed by atoms with Crippen LogP contribution in [0.4, 0.5) is 17.3 Å². The van der Waals surface area contributed by atoms with Gasteiger partial charge < -0.3 is 15.7 Å². The molecule has 8 nitrogen and oxygen atoms in total. The maximum atomic E-state index is 11.2. The molecular formula is C13H21N5O3. The molecule has 8 heteroatoms. The third-order valence-corrected chi connectivity index (χ3v) is 3.93. The Hall–Kier alpha value is -1.96. The molecule has 116 valence electrons. The van der Waals surface area contributed by atoms with Gasteiger partial charge in [-0.25, -0.2) is 9.97 Å². The molecule has 0 radical (unpaired) electrons. The quantitative estimate of drug-likeness (QED) is 0.517. The van der Waals surface area contributed by atoms with Gasteiger partial charge in [0.05, 0.1) is 4.92 Å². The van der Waals surface area contributed by atoms with Crippen LogP contribution in [0.2, 0.25) is 0 Å². The van der Waals surface area contributed by atoms with Gasteiger partial charge in [-0.2, -0.15) is 0 Å². The summed E-state index contributed by atoms with van der Waals surface area (Å²) >= 11 is 0. The lowest BCUT2D eigenvalue weighted by atomic mass is 9.97. The minimum Gasteiger partial charge on any atom is -0.396 e. The number of aliphatic hydroxyl groups is 1. The summed E-state index contributed by atoms with van der Waals surface area (Å²) < 4.78 is 0. The van der Waals surface area contributed by atoms with Crippen molar-refractivity contribution < 1.29 is 10.0 Å². The maximum Gasteiger partial charge on any atom is 0.353 e. The zero-order chi connectivity index (χ0) is 15.2. The molecule has 1 fully saturated rings. The average Bonchev–Trinajstić information content (AvgIpc) is 2.92. The Bertz CT molecular complexity index is 497. The molecule has 1 aromatic heterocycles. The fraction of sp³-hybridized carbons (Fsp3) is 0.692. The molecule has 0 aromatic carbocycles. The van der Waals surface area contributed by atoms with Gasteiger partial charge >= 0.3 is 5.69 Å². The second-order valence-corrected chi connectivity index (χ2v) is 5.22. The molecule has 2 rings (SSSR count). The molecule has 0 amide bonds. The van der Waals surface area contributed by atoms with Crippen LogP contribution >= 0.6 is 0 Å². The predicted molar refractivity (Wildman–Crippen MR) is 79.3 cm³/mol. The van der Waals surface area contributed by atoms with E-state index in [4.69, 9.17) is 0 Å². The Kier molecular flexibility index (Phi) is 5.26. The van der Waals surface area contributed by atoms with Crippen LogP contribution in [-0.2, 0) is 0 Å². The SMILES string of the molecule is CCNc1ncnc(NCC2CCCC2CO)c1[N+](=O)[O-]. The lowest BCUT2D eigenvalue weighted by Gasteiger charge is -2.18. The van der Waals surface area contributed by atoms with E-state index in [-0.39, 0.29) is 29.8 Å². The normalized spacial score (nSPS) is 21.2. The van der Waals surface area contributed by atoms with E-state index in [1.54, 1.807) is 0 Å². The molecule has 1 aliphatic rings. The van der Waals surface area contributed by atoms with Crippen LogP contribution in [0.5, 0.6) is 0 Å². The molecule has 2 atom stereocenters. The second kappa shape index (κ2) is 7.16. The summed E-state index contributed by atoms with van der Waals surface area (Å²) in [5.41, 5.74) is -0.127. The molecule has 3 N–H and O–H groups in total. The van der Waals surface area contributed by atoms with Gasteiger partial charge in [-0.1, -0.05) is 6.42 Å². The second-order valence-electron chi connectivity index (χ2n) is 5.22. The number of anilines is 2. The number of aliphatic hydroxyl groups excluding tert-OH is 1. The minimum absolute atomic E-state index is 0.127. The monoisotopic (exact) mass is 295 g/mol. The smallest absolute Gasteiger partial charge is 0.353 e. The van der Waals surface area contributed by atoms with Gasteiger partial charge in [0.1, 0.15) is 6.33 Å². The van der Waals surface area contributed by atoms with Gasteiger partial charge in [-0.05, 0) is 31.6 Å². The van der Waals surface area contributed by atoms with Crippen molar-refractivity contribution in [2.75, 3.05) is 30.3 Å². The molecule has 1 aliphatic carbocycles. The lowest BCUT2D eigenvalue weighted by Crippen LogP contribution is -2.22. The largest absolute Gasteiger partial charge is 0.396 e. The standard InChI is InChI=1S/C13H21N5O3/c1-2-14-12-11(18(20)21)13(17-8-16-12)15-6-9-4-3-5-10(9)7-19/h8-10,19H,2-7H2,1H3,(H2,14,15,16,17). The van der Waals surface area contributed by atoms with E-state index in [2.05, 4.69) is 20.6 Å². The van der Waals surface area contributed by atoms with Crippen LogP contribution in [0, 0.1) is 22.0 Å². The molecule has 0 bridgehead atoms. The number of hydrogen-bond donors (Lipinski definition) is 3. The summed E-state index contributed by atoms with van der Waals surface area (Å²) in [7, 11) is 0. The molecular weight excluding hydrogens is 274 g/mol. The average molecular weight is 295 g/mol. The Morgan fingerprint density at radius 1 is 1.33 bits per heavy atom. The van der Waals surface area contributed by atoms with Gasteiger partial charge in [-0.15, -0.1) is 0 Å². The zero-order valence-corrected chi connectivity index (χ0v) is 12.1. The zero-order valence-electron chi connectivity index (χ0n) is 12.1. The number of aromatic nitrogens is 2. The summed E-state index contributed by atoms with van der Waals surface area (Å²) in [4.78, 5) is 18.7. The molecule has 1 saturated carbocycles. The highest BCUT2D eigenvalue weighted by Crippen LogP contribution is 2.33. The highest BCUT2D eigenvalue weighted by atomic mass is 16.6. The van der Waals surface area contributed by atoms with E-state index in [1.165, 1.54) is 6.33 Å². The lowest BCUT2D eigenvalue weighted by molar-refractivity contribution is -0.383. The van der Waals surface area contributed by atoms with E-state index < -0.39 is 4.92 Å². The molecule has 2 unspecified atom stereocenters. The van der Waals surface area contributed by atoms with Crippen LogP contribution in [0.3, 0.4) is 0 Å². The van der Waals surface area contributed by atoms with E-state index in [0.717, 1.165) is 19.3 Å². The van der Waals surface area contributed by atoms with Crippen molar-refractivity contribution in [3.63, 3.8) is 0 Å². The Labute approximate surface area is 123 Å². The first-order chi connectivity index (χ1) is 10.2. The minimum atomic E-state index is -0.474. The molecule has 21 heavy (non-hydrogen) atoms. The van der Waals surface area contributed by atoms with Gasteiger partial charge in [0.15, 0.2) is 0 Å². The molecule has 0 saturated heterocycles. The van der Waals surface area contributed by atoms with E-state index in [0.29, 0.717) is 19.0 Å². The van der Waals surface area contributed by atoms with Gasteiger partial charge in [-0.3, -0.25) is 10.1 Å². The van der Waals surface area contributed by atoms with Crippen molar-refractivity contribution in [1.29, 1.82) is 0 Å². The van der Waals surface area contributed by atoms with E-state index in [1.807, 2.05) is 6.92 Å². The molecule has 1 heterocycles. The number of nitro groups is 1. The summed E-state index contributed by atoms with van der Waals surface area (Å²) in [6.45, 7) is 3.14. The molecule has 0 spiro atoms. The first-order valence-corrected chi connectivity index (χ1v) is 7.25. The van der Waals surface area contributed by atoms with Crippen LogP contribution in [0.15, 0.2) is 6.33 Å². The predicted octanol–water partition coefficient (Wildman–Crippen LogP) is 1.64. The number of rotatable bonds is 7. The number of nitrogens with one attached hydrogen (secondary N) is 2. The van der Waals surface area contributed by atoms with E-state index in [9.17, 15) is 15.2 Å². The summed E-state index contributed by atoms with van der Waals surface area (Å²) in [5, 5.41) is 26.5. The van der Waals surface area contributed by atoms with Gasteiger partial charge in [0, 0.05) is 19.7 Å². The Balaban J connectivity index is 2.12. The van der Waals surface area contributed by atoms with Crippen LogP contribution in [0.25, 0.3) is 0 Å². The van der Waals surface area contributed by atoms with Crippen molar-refractivity contribution >= 4 is 17.3 Å². The third-order valence-electron chi connectivity index (χ3n) is 3.93. The van der Waals surface area contributed by atoms with E-state index >= 15 is 0 Å². The van der Waals surface area contributed by atoms with Crippen molar-refractivity contribution in [3.05, 3.63) is 16.4 Å². The van der Waals surface area contributed by atoms with Crippen LogP contribution in [0.1, 0.15) is 26.2 Å². The maximum absolute atomic E-state index is 11.2. The molecule has 0 aliphatic heterocycles. The fourth-order valence-electron chi connectivity index (χ4n) is 2.83. The third kappa shape index (κ3) is 3.57. The highest BCUT2D eigenvalue weighted by molar-refractivity contribution is 5.69. The van der Waals surface area contributed by atoms with Gasteiger partial charge in [0.2, 0.25) is 11.6 Å². The summed E-state index contributed by atoms with van der Waals surface area (Å²) in [5.74, 6) is 1.05. The van der Waals surface area contributed by atoms with Crippen molar-refractivity contribution in [2.24, 2.45) is 11.8 Å². The summed E-state index contributed by atoms with van der Waals surface area (Å²) in [6.07, 6.45) is 4.44. The van der Waals surface area contributed by atoms with Crippen LogP contribution in [-0.4, -0.2) is 39.7 Å². The Morgan fingerprint density at radius 3 is 2.62 bits per heavy atom. The molecule has 1 aromatic rings. The summed E-state index contributed by atoms with van der Waals surface area (Å²) in [6, 6.07) is 0. The number of hydrogen-bond acceptors (Lipinski definition) is 7. The first-order valence-electron chi connectivity index (χ1n) is 7.25. The first kappa shape index (κ1) is 15.4. The van der Waals surface area contributed by atoms with Crippen molar-refractivity contribution in [1.82, 2.24) is 9.97 Å². The van der Waals surface area contributed by atoms with Crippen molar-refractivity contribution in [3.8, 4) is 0 Å². The topological polar surface area (TPSA) is 113 Å². The van der Waals surface area contributed by atoms with Crippen LogP contribution < -0.4 is 10.6 Å². The highest BCUT2D eigenvalue weighted by Gasteiger charge is 2.28. The Morgan fingerprint density at radius 2 is 2.00 bits per heavy atom. The van der Waals surface area contributed by atoms with Gasteiger partial charge in [0.25, 0.3) is 0 Å². The fourth-order valence-corrected chi connectivity index (χ4v) is 2.83.